The number of hydrogen-bond donors (Lipinski definition) is 0. The maximum absolute atomic E-state index is 8.84. The van der Waals surface area contributed by atoms with Crippen LogP contribution in [-0.2, 0) is 7.05 Å². The number of fused-ring (bicyclic) bond motifs is 1. The molecule has 0 N–H and O–H groups in total. The molecule has 0 saturated heterocycles. The SMILES string of the molecule is [2H]c1cc2cc(-c3ccccc3)ccc2c(-c2cc(C3CCCC3)cc(C3CCCC3)c2C)[n+]1C. The maximum atomic E-state index is 8.84. The van der Waals surface area contributed by atoms with Gasteiger partial charge in [-0.25, -0.2) is 4.57 Å². The Bertz CT molecular complexity index is 1380. The normalized spacial score (nSPS) is 17.5. The third-order valence-corrected chi connectivity index (χ3v) is 8.51. The van der Waals surface area contributed by atoms with Gasteiger partial charge < -0.3 is 0 Å². The number of pyridine rings is 1. The topological polar surface area (TPSA) is 3.88 Å². The van der Waals surface area contributed by atoms with Crippen molar-refractivity contribution in [3.63, 3.8) is 0 Å². The van der Waals surface area contributed by atoms with Crippen LogP contribution in [0.1, 0.15) is 81.3 Å². The number of hydrogen-bond acceptors (Lipinski definition) is 0. The van der Waals surface area contributed by atoms with Gasteiger partial charge in [0.05, 0.1) is 10.9 Å². The fourth-order valence-corrected chi connectivity index (χ4v) is 6.61. The lowest BCUT2D eigenvalue weighted by molar-refractivity contribution is -0.659. The molecule has 172 valence electrons. The monoisotopic (exact) mass is 447 g/mol. The first kappa shape index (κ1) is 20.4. The van der Waals surface area contributed by atoms with E-state index in [1.807, 2.05) is 6.07 Å². The van der Waals surface area contributed by atoms with Gasteiger partial charge in [0, 0.05) is 6.07 Å². The third-order valence-electron chi connectivity index (χ3n) is 8.51. The molecular formula is C33H36N+. The molecule has 4 aromatic rings. The average molecular weight is 448 g/mol. The highest BCUT2D eigenvalue weighted by Crippen LogP contribution is 2.43. The first-order valence-electron chi connectivity index (χ1n) is 13.7. The summed E-state index contributed by atoms with van der Waals surface area (Å²) in [6, 6.07) is 24.5. The maximum Gasteiger partial charge on any atom is 0.220 e. The summed E-state index contributed by atoms with van der Waals surface area (Å²) in [5, 5.41) is 2.39. The molecule has 0 bridgehead atoms. The molecule has 0 radical (unpaired) electrons. The molecule has 0 aliphatic heterocycles. The molecule has 6 rings (SSSR count). The summed E-state index contributed by atoms with van der Waals surface area (Å²) < 4.78 is 10.9. The Morgan fingerprint density at radius 3 is 2.21 bits per heavy atom. The van der Waals surface area contributed by atoms with E-state index in [0.29, 0.717) is 18.0 Å². The van der Waals surface area contributed by atoms with Crippen LogP contribution in [0.3, 0.4) is 0 Å². The zero-order chi connectivity index (χ0) is 23.9. The molecule has 2 aliphatic carbocycles. The number of aromatic nitrogens is 1. The Kier molecular flexibility index (Phi) is 5.43. The largest absolute Gasteiger partial charge is 0.220 e. The van der Waals surface area contributed by atoms with E-state index in [0.717, 1.165) is 5.39 Å². The standard InChI is InChI=1S/C33H36N/c1-23-31(26-14-8-9-15-26)21-29(25-12-6-7-13-25)22-32(23)33-30-17-16-27(24-10-4-3-5-11-24)20-28(30)18-19-34(33)2/h3-5,10-11,16-22,25-26H,6-9,12-15H2,1-2H3/q+1/i19D. The smallest absolute Gasteiger partial charge is 0.200 e. The Labute approximate surface area is 205 Å². The van der Waals surface area contributed by atoms with Gasteiger partial charge >= 0.3 is 0 Å². The van der Waals surface area contributed by atoms with E-state index >= 15 is 0 Å². The third kappa shape index (κ3) is 3.86. The zero-order valence-electron chi connectivity index (χ0n) is 21.6. The molecule has 0 atom stereocenters. The van der Waals surface area contributed by atoms with Gasteiger partial charge in [-0.3, -0.25) is 0 Å². The molecule has 1 heterocycles. The summed E-state index contributed by atoms with van der Waals surface area (Å²) >= 11 is 0. The average Bonchev–Trinajstić information content (AvgIpc) is 3.61. The summed E-state index contributed by atoms with van der Waals surface area (Å²) in [6.07, 6.45) is 11.3. The lowest BCUT2D eigenvalue weighted by Crippen LogP contribution is -2.31. The lowest BCUT2D eigenvalue weighted by atomic mass is 9.83. The molecule has 1 aromatic heterocycles. The van der Waals surface area contributed by atoms with E-state index in [2.05, 4.69) is 79.2 Å². The van der Waals surface area contributed by atoms with Crippen molar-refractivity contribution in [3.8, 4) is 22.4 Å². The highest BCUT2D eigenvalue weighted by atomic mass is 14.9. The van der Waals surface area contributed by atoms with Crippen LogP contribution >= 0.6 is 0 Å². The van der Waals surface area contributed by atoms with Crippen molar-refractivity contribution in [1.82, 2.24) is 0 Å². The molecule has 0 unspecified atom stereocenters. The molecule has 2 aliphatic rings. The second kappa shape index (κ2) is 9.02. The number of benzene rings is 3. The van der Waals surface area contributed by atoms with Gasteiger partial charge in [-0.15, -0.1) is 0 Å². The molecule has 1 nitrogen and oxygen atoms in total. The van der Waals surface area contributed by atoms with Crippen LogP contribution in [0.15, 0.2) is 72.9 Å². The van der Waals surface area contributed by atoms with Crippen LogP contribution in [0.4, 0.5) is 0 Å². The van der Waals surface area contributed by atoms with Crippen LogP contribution in [0.5, 0.6) is 0 Å². The van der Waals surface area contributed by atoms with E-state index in [-0.39, 0.29) is 0 Å². The highest BCUT2D eigenvalue weighted by Gasteiger charge is 2.27. The van der Waals surface area contributed by atoms with Crippen molar-refractivity contribution in [1.29, 1.82) is 0 Å². The van der Waals surface area contributed by atoms with Crippen molar-refractivity contribution < 1.29 is 5.94 Å². The lowest BCUT2D eigenvalue weighted by Gasteiger charge is -2.21. The zero-order valence-corrected chi connectivity index (χ0v) is 20.6. The summed E-state index contributed by atoms with van der Waals surface area (Å²) in [4.78, 5) is 0. The fraction of sp³-hybridized carbons (Fsp3) is 0.364. The highest BCUT2D eigenvalue weighted by molar-refractivity contribution is 5.96. The van der Waals surface area contributed by atoms with Gasteiger partial charge in [0.25, 0.3) is 0 Å². The number of nitrogens with zero attached hydrogens (tertiary/aromatic N) is 1. The van der Waals surface area contributed by atoms with Gasteiger partial charge in [0.2, 0.25) is 5.69 Å². The van der Waals surface area contributed by atoms with Crippen LogP contribution in [0, 0.1) is 6.92 Å². The van der Waals surface area contributed by atoms with Gasteiger partial charge in [-0.2, -0.15) is 0 Å². The second-order valence-electron chi connectivity index (χ2n) is 10.6. The molecular weight excluding hydrogens is 410 g/mol. The molecule has 0 amide bonds. The van der Waals surface area contributed by atoms with E-state index < -0.39 is 0 Å². The summed E-state index contributed by atoms with van der Waals surface area (Å²) in [7, 11) is 2.07. The van der Waals surface area contributed by atoms with Crippen LogP contribution in [0.25, 0.3) is 33.2 Å². The van der Waals surface area contributed by atoms with Crippen LogP contribution in [0.2, 0.25) is 0 Å². The minimum Gasteiger partial charge on any atom is -0.200 e. The van der Waals surface area contributed by atoms with Crippen molar-refractivity contribution >= 4 is 10.8 Å². The molecule has 2 saturated carbocycles. The van der Waals surface area contributed by atoms with Crippen molar-refractivity contribution in [2.75, 3.05) is 0 Å². The molecule has 1 heteroatoms. The predicted octanol–water partition coefficient (Wildman–Crippen LogP) is 8.62. The van der Waals surface area contributed by atoms with E-state index in [1.165, 1.54) is 90.3 Å². The summed E-state index contributed by atoms with van der Waals surface area (Å²) in [5.74, 6) is 1.38. The van der Waals surface area contributed by atoms with Gasteiger partial charge in [0.1, 0.15) is 8.42 Å². The summed E-state index contributed by atoms with van der Waals surface area (Å²) in [6.45, 7) is 2.34. The van der Waals surface area contributed by atoms with Gasteiger partial charge in [-0.1, -0.05) is 68.1 Å². The van der Waals surface area contributed by atoms with E-state index in [4.69, 9.17) is 1.37 Å². The second-order valence-corrected chi connectivity index (χ2v) is 10.6. The van der Waals surface area contributed by atoms with Crippen LogP contribution < -0.4 is 4.57 Å². The quantitative estimate of drug-likeness (QED) is 0.276. The van der Waals surface area contributed by atoms with Crippen molar-refractivity contribution in [2.45, 2.75) is 70.1 Å². The molecule has 2 fully saturated rings. The minimum absolute atomic E-state index is 0.561. The van der Waals surface area contributed by atoms with Crippen molar-refractivity contribution in [2.24, 2.45) is 7.05 Å². The number of rotatable bonds is 4. The summed E-state index contributed by atoms with van der Waals surface area (Å²) in [5.41, 5.74) is 9.50. The molecule has 0 spiro atoms. The molecule has 34 heavy (non-hydrogen) atoms. The fourth-order valence-electron chi connectivity index (χ4n) is 6.61. The Hall–Kier alpha value is -2.93. The van der Waals surface area contributed by atoms with E-state index in [1.54, 1.807) is 5.56 Å². The van der Waals surface area contributed by atoms with E-state index in [9.17, 15) is 0 Å². The first-order valence-corrected chi connectivity index (χ1v) is 13.2. The van der Waals surface area contributed by atoms with Crippen molar-refractivity contribution in [3.05, 3.63) is 89.6 Å². The van der Waals surface area contributed by atoms with Gasteiger partial charge in [0.15, 0.2) is 6.17 Å². The Balaban J connectivity index is 1.58. The Morgan fingerprint density at radius 1 is 0.765 bits per heavy atom. The van der Waals surface area contributed by atoms with Crippen LogP contribution in [-0.4, -0.2) is 0 Å². The minimum atomic E-state index is 0.561. The Morgan fingerprint density at radius 2 is 1.47 bits per heavy atom. The van der Waals surface area contributed by atoms with Gasteiger partial charge in [-0.05, 0) is 95.8 Å². The molecule has 3 aromatic carbocycles. The first-order chi connectivity index (χ1) is 17.1. The predicted molar refractivity (Wildman–Crippen MR) is 143 cm³/mol.